The van der Waals surface area contributed by atoms with E-state index in [1.165, 1.54) is 6.92 Å². The first-order valence-corrected chi connectivity index (χ1v) is 6.40. The molecule has 0 spiro atoms. The van der Waals surface area contributed by atoms with Gasteiger partial charge in [-0.25, -0.2) is 0 Å². The fourth-order valence-electron chi connectivity index (χ4n) is 1.83. The number of benzene rings is 1. The Labute approximate surface area is 116 Å². The van der Waals surface area contributed by atoms with Crippen LogP contribution in [-0.2, 0) is 4.79 Å². The summed E-state index contributed by atoms with van der Waals surface area (Å²) in [6.07, 6.45) is 0. The van der Waals surface area contributed by atoms with E-state index in [2.05, 4.69) is 5.32 Å². The number of nitrogens with one attached hydrogen (secondary N) is 1. The van der Waals surface area contributed by atoms with Crippen molar-refractivity contribution in [2.24, 2.45) is 5.92 Å². The van der Waals surface area contributed by atoms with Crippen LogP contribution < -0.4 is 5.32 Å². The molecule has 1 heterocycles. The molecule has 1 amide bonds. The molecule has 1 unspecified atom stereocenters. The van der Waals surface area contributed by atoms with Crippen LogP contribution >= 0.6 is 0 Å². The van der Waals surface area contributed by atoms with Gasteiger partial charge in [0, 0.05) is 11.9 Å². The van der Waals surface area contributed by atoms with E-state index in [9.17, 15) is 9.59 Å². The van der Waals surface area contributed by atoms with Gasteiger partial charge in [0.05, 0.1) is 5.92 Å². The molecule has 0 saturated heterocycles. The fraction of sp³-hybridized carbons (Fsp3) is 0.333. The molecule has 5 nitrogen and oxygen atoms in total. The van der Waals surface area contributed by atoms with Crippen molar-refractivity contribution in [3.05, 3.63) is 35.1 Å². The number of rotatable bonds is 4. The van der Waals surface area contributed by atoms with Gasteiger partial charge < -0.3 is 14.8 Å². The maximum atomic E-state index is 11.9. The molecule has 0 saturated carbocycles. The molecule has 20 heavy (non-hydrogen) atoms. The van der Waals surface area contributed by atoms with Gasteiger partial charge in [-0.1, -0.05) is 6.92 Å². The van der Waals surface area contributed by atoms with Crippen molar-refractivity contribution in [1.29, 1.82) is 0 Å². The lowest BCUT2D eigenvalue weighted by molar-refractivity contribution is -0.140. The van der Waals surface area contributed by atoms with Crippen LogP contribution in [0.1, 0.15) is 28.6 Å². The minimum absolute atomic E-state index is 0.0727. The first kappa shape index (κ1) is 14.1. The third kappa shape index (κ3) is 2.82. The van der Waals surface area contributed by atoms with E-state index in [-0.39, 0.29) is 12.3 Å². The minimum atomic E-state index is -0.943. The van der Waals surface area contributed by atoms with Crippen LogP contribution in [0.5, 0.6) is 0 Å². The molecule has 2 N–H and O–H groups in total. The summed E-state index contributed by atoms with van der Waals surface area (Å²) in [5.41, 5.74) is 2.88. The van der Waals surface area contributed by atoms with Gasteiger partial charge in [-0.15, -0.1) is 0 Å². The van der Waals surface area contributed by atoms with Crippen molar-refractivity contribution < 1.29 is 19.1 Å². The largest absolute Gasteiger partial charge is 0.481 e. The molecule has 0 aliphatic carbocycles. The summed E-state index contributed by atoms with van der Waals surface area (Å²) in [7, 11) is 0. The van der Waals surface area contributed by atoms with Gasteiger partial charge in [0.2, 0.25) is 0 Å². The molecular formula is C15H17NO4. The molecule has 1 atom stereocenters. The molecule has 1 aromatic heterocycles. The lowest BCUT2D eigenvalue weighted by atomic mass is 10.1. The van der Waals surface area contributed by atoms with Crippen LogP contribution in [-0.4, -0.2) is 23.5 Å². The number of hydrogen-bond acceptors (Lipinski definition) is 3. The summed E-state index contributed by atoms with van der Waals surface area (Å²) in [6, 6.07) is 5.52. The topological polar surface area (TPSA) is 79.5 Å². The van der Waals surface area contributed by atoms with Gasteiger partial charge in [0.15, 0.2) is 5.76 Å². The number of carboxylic acids is 1. The average Bonchev–Trinajstić information content (AvgIpc) is 2.78. The van der Waals surface area contributed by atoms with Crippen LogP contribution in [0, 0.1) is 19.8 Å². The number of carbonyl (C=O) groups is 2. The van der Waals surface area contributed by atoms with Gasteiger partial charge in [-0.05, 0) is 43.2 Å². The molecule has 0 fully saturated rings. The Balaban J connectivity index is 2.16. The molecule has 5 heteroatoms. The van der Waals surface area contributed by atoms with E-state index in [0.29, 0.717) is 5.58 Å². The average molecular weight is 275 g/mol. The predicted octanol–water partition coefficient (Wildman–Crippen LogP) is 2.50. The lowest BCUT2D eigenvalue weighted by Crippen LogP contribution is -2.31. The first-order valence-electron chi connectivity index (χ1n) is 6.40. The van der Waals surface area contributed by atoms with Crippen molar-refractivity contribution in [3.63, 3.8) is 0 Å². The van der Waals surface area contributed by atoms with E-state index >= 15 is 0 Å². The number of carboxylic acid groups (broad SMARTS) is 1. The Hall–Kier alpha value is -2.30. The third-order valence-corrected chi connectivity index (χ3v) is 3.35. The molecule has 2 rings (SSSR count). The Kier molecular flexibility index (Phi) is 3.79. The number of aryl methyl sites for hydroxylation is 2. The molecule has 1 aromatic carbocycles. The SMILES string of the molecule is Cc1cc2cc(C(=O)NCC(C)C(=O)O)oc2cc1C. The quantitative estimate of drug-likeness (QED) is 0.898. The van der Waals surface area contributed by atoms with Gasteiger partial charge in [-0.3, -0.25) is 9.59 Å². The van der Waals surface area contributed by atoms with E-state index in [1.54, 1.807) is 6.07 Å². The summed E-state index contributed by atoms with van der Waals surface area (Å²) in [6.45, 7) is 5.58. The molecular weight excluding hydrogens is 258 g/mol. The van der Waals surface area contributed by atoms with Crippen molar-refractivity contribution in [2.75, 3.05) is 6.54 Å². The summed E-state index contributed by atoms with van der Waals surface area (Å²) >= 11 is 0. The van der Waals surface area contributed by atoms with Crippen LogP contribution in [0.15, 0.2) is 22.6 Å². The summed E-state index contributed by atoms with van der Waals surface area (Å²) in [4.78, 5) is 22.6. The maximum absolute atomic E-state index is 11.9. The normalized spacial score (nSPS) is 12.3. The summed E-state index contributed by atoms with van der Waals surface area (Å²) < 4.78 is 5.50. The second-order valence-corrected chi connectivity index (χ2v) is 5.03. The second kappa shape index (κ2) is 5.36. The number of aliphatic carboxylic acids is 1. The highest BCUT2D eigenvalue weighted by molar-refractivity contribution is 5.96. The minimum Gasteiger partial charge on any atom is -0.481 e. The molecule has 2 aromatic rings. The Bertz CT molecular complexity index is 633. The maximum Gasteiger partial charge on any atom is 0.308 e. The highest BCUT2D eigenvalue weighted by atomic mass is 16.4. The third-order valence-electron chi connectivity index (χ3n) is 3.35. The molecule has 0 radical (unpaired) electrons. The van der Waals surface area contributed by atoms with Gasteiger partial charge >= 0.3 is 5.97 Å². The smallest absolute Gasteiger partial charge is 0.308 e. The lowest BCUT2D eigenvalue weighted by Gasteiger charge is -2.06. The molecule has 106 valence electrons. The van der Waals surface area contributed by atoms with Crippen molar-refractivity contribution in [3.8, 4) is 0 Å². The second-order valence-electron chi connectivity index (χ2n) is 5.03. The van der Waals surface area contributed by atoms with E-state index < -0.39 is 17.8 Å². The zero-order valence-electron chi connectivity index (χ0n) is 11.7. The van der Waals surface area contributed by atoms with Crippen molar-refractivity contribution in [1.82, 2.24) is 5.32 Å². The van der Waals surface area contributed by atoms with Crippen LogP contribution in [0.4, 0.5) is 0 Å². The van der Waals surface area contributed by atoms with E-state index in [0.717, 1.165) is 16.5 Å². The monoisotopic (exact) mass is 275 g/mol. The zero-order chi connectivity index (χ0) is 14.9. The van der Waals surface area contributed by atoms with Gasteiger partial charge in [-0.2, -0.15) is 0 Å². The van der Waals surface area contributed by atoms with Crippen molar-refractivity contribution >= 4 is 22.8 Å². The Morgan fingerprint density at radius 3 is 2.55 bits per heavy atom. The summed E-state index contributed by atoms with van der Waals surface area (Å²) in [5, 5.41) is 12.2. The molecule has 0 bridgehead atoms. The number of furan rings is 1. The number of hydrogen-bond donors (Lipinski definition) is 2. The Morgan fingerprint density at radius 1 is 1.25 bits per heavy atom. The fourth-order valence-corrected chi connectivity index (χ4v) is 1.83. The molecule has 0 aliphatic rings. The van der Waals surface area contributed by atoms with Gasteiger partial charge in [0.25, 0.3) is 5.91 Å². The Morgan fingerprint density at radius 2 is 1.90 bits per heavy atom. The highest BCUT2D eigenvalue weighted by Crippen LogP contribution is 2.23. The van der Waals surface area contributed by atoms with Crippen LogP contribution in [0.25, 0.3) is 11.0 Å². The predicted molar refractivity (Wildman–Crippen MR) is 74.8 cm³/mol. The molecule has 0 aliphatic heterocycles. The number of carbonyl (C=O) groups excluding carboxylic acids is 1. The van der Waals surface area contributed by atoms with Gasteiger partial charge in [0.1, 0.15) is 5.58 Å². The van der Waals surface area contributed by atoms with Crippen molar-refractivity contribution in [2.45, 2.75) is 20.8 Å². The van der Waals surface area contributed by atoms with Crippen LogP contribution in [0.2, 0.25) is 0 Å². The summed E-state index contributed by atoms with van der Waals surface area (Å²) in [5.74, 6) is -1.78. The number of amides is 1. The zero-order valence-corrected chi connectivity index (χ0v) is 11.7. The first-order chi connectivity index (χ1) is 9.38. The van der Waals surface area contributed by atoms with E-state index in [1.807, 2.05) is 26.0 Å². The standard InChI is InChI=1S/C15H17NO4/c1-8-4-11-6-13(20-12(11)5-9(8)2)14(17)16-7-10(3)15(18)19/h4-6,10H,7H2,1-3H3,(H,16,17)(H,18,19). The van der Waals surface area contributed by atoms with E-state index in [4.69, 9.17) is 9.52 Å². The highest BCUT2D eigenvalue weighted by Gasteiger charge is 2.16. The van der Waals surface area contributed by atoms with Crippen LogP contribution in [0.3, 0.4) is 0 Å². The number of fused-ring (bicyclic) bond motifs is 1.